The Labute approximate surface area is 125 Å². The number of hydrogen-bond donors (Lipinski definition) is 1. The Morgan fingerprint density at radius 2 is 1.57 bits per heavy atom. The van der Waals surface area contributed by atoms with E-state index in [1.54, 1.807) is 12.1 Å². The second-order valence-electron chi connectivity index (χ2n) is 5.48. The van der Waals surface area contributed by atoms with Gasteiger partial charge in [-0.15, -0.1) is 0 Å². The number of non-ortho nitro benzene ring substituents is 1. The number of anilines is 1. The number of rotatable bonds is 4. The van der Waals surface area contributed by atoms with Crippen LogP contribution in [0.2, 0.25) is 0 Å². The first-order valence-electron chi connectivity index (χ1n) is 6.97. The number of nitrogens with zero attached hydrogens (tertiary/aromatic N) is 1. The standard InChI is InChI=1S/C17H20N2O2/c1-11-9-12(2)17(13(3)10-11)14(4)18-15-5-7-16(8-6-15)19(20)21/h5-10,14,18H,1-4H3. The molecule has 0 aliphatic carbocycles. The molecule has 2 aromatic rings. The third-order valence-electron chi connectivity index (χ3n) is 3.63. The zero-order valence-corrected chi connectivity index (χ0v) is 12.8. The van der Waals surface area contributed by atoms with Crippen molar-refractivity contribution in [1.82, 2.24) is 0 Å². The van der Waals surface area contributed by atoms with Gasteiger partial charge in [-0.25, -0.2) is 0 Å². The van der Waals surface area contributed by atoms with E-state index in [0.717, 1.165) is 5.69 Å². The molecule has 0 saturated carbocycles. The van der Waals surface area contributed by atoms with E-state index < -0.39 is 0 Å². The molecule has 21 heavy (non-hydrogen) atoms. The normalized spacial score (nSPS) is 12.0. The summed E-state index contributed by atoms with van der Waals surface area (Å²) in [4.78, 5) is 10.3. The third kappa shape index (κ3) is 3.40. The van der Waals surface area contributed by atoms with Crippen LogP contribution in [0.25, 0.3) is 0 Å². The fourth-order valence-electron chi connectivity index (χ4n) is 2.88. The van der Waals surface area contributed by atoms with Gasteiger partial charge in [0.2, 0.25) is 0 Å². The van der Waals surface area contributed by atoms with Crippen LogP contribution in [0.4, 0.5) is 11.4 Å². The zero-order chi connectivity index (χ0) is 15.6. The molecule has 4 heteroatoms. The van der Waals surface area contributed by atoms with Crippen molar-refractivity contribution in [2.75, 3.05) is 5.32 Å². The van der Waals surface area contributed by atoms with Crippen molar-refractivity contribution in [3.63, 3.8) is 0 Å². The largest absolute Gasteiger partial charge is 0.378 e. The molecule has 0 spiro atoms. The molecule has 0 aromatic heterocycles. The van der Waals surface area contributed by atoms with Crippen LogP contribution in [-0.4, -0.2) is 4.92 Å². The lowest BCUT2D eigenvalue weighted by molar-refractivity contribution is -0.384. The lowest BCUT2D eigenvalue weighted by atomic mass is 9.95. The van der Waals surface area contributed by atoms with Crippen LogP contribution < -0.4 is 5.32 Å². The molecule has 0 amide bonds. The van der Waals surface area contributed by atoms with Gasteiger partial charge in [-0.1, -0.05) is 17.7 Å². The lowest BCUT2D eigenvalue weighted by Crippen LogP contribution is -2.10. The van der Waals surface area contributed by atoms with Gasteiger partial charge in [0.1, 0.15) is 0 Å². The first kappa shape index (κ1) is 15.0. The Morgan fingerprint density at radius 1 is 1.05 bits per heavy atom. The monoisotopic (exact) mass is 284 g/mol. The summed E-state index contributed by atoms with van der Waals surface area (Å²) in [6, 6.07) is 11.0. The Hall–Kier alpha value is -2.36. The van der Waals surface area contributed by atoms with Crippen LogP contribution in [0.5, 0.6) is 0 Å². The van der Waals surface area contributed by atoms with E-state index in [0.29, 0.717) is 0 Å². The maximum atomic E-state index is 10.7. The molecule has 1 N–H and O–H groups in total. The van der Waals surface area contributed by atoms with E-state index in [1.807, 2.05) is 0 Å². The topological polar surface area (TPSA) is 55.2 Å². The molecule has 0 aliphatic heterocycles. The highest BCUT2D eigenvalue weighted by Crippen LogP contribution is 2.27. The fraction of sp³-hybridized carbons (Fsp3) is 0.294. The average Bonchev–Trinajstić information content (AvgIpc) is 2.37. The molecular weight excluding hydrogens is 264 g/mol. The molecule has 0 fully saturated rings. The predicted octanol–water partition coefficient (Wildman–Crippen LogP) is 4.69. The summed E-state index contributed by atoms with van der Waals surface area (Å²) in [5.74, 6) is 0. The van der Waals surface area contributed by atoms with Crippen LogP contribution >= 0.6 is 0 Å². The van der Waals surface area contributed by atoms with Crippen LogP contribution in [0.3, 0.4) is 0 Å². The van der Waals surface area contributed by atoms with Crippen LogP contribution in [0, 0.1) is 30.9 Å². The maximum absolute atomic E-state index is 10.7. The summed E-state index contributed by atoms with van der Waals surface area (Å²) in [6.07, 6.45) is 0. The molecule has 0 bridgehead atoms. The Kier molecular flexibility index (Phi) is 4.26. The van der Waals surface area contributed by atoms with Gasteiger partial charge in [-0.3, -0.25) is 10.1 Å². The Balaban J connectivity index is 2.22. The Morgan fingerprint density at radius 3 is 2.05 bits per heavy atom. The molecule has 4 nitrogen and oxygen atoms in total. The molecule has 1 atom stereocenters. The van der Waals surface area contributed by atoms with Crippen molar-refractivity contribution in [1.29, 1.82) is 0 Å². The fourth-order valence-corrected chi connectivity index (χ4v) is 2.88. The van der Waals surface area contributed by atoms with Crippen LogP contribution in [-0.2, 0) is 0 Å². The van der Waals surface area contributed by atoms with E-state index in [9.17, 15) is 10.1 Å². The predicted molar refractivity (Wildman–Crippen MR) is 85.8 cm³/mol. The molecule has 2 aromatic carbocycles. The summed E-state index contributed by atoms with van der Waals surface area (Å²) in [5.41, 5.74) is 6.04. The SMILES string of the molecule is Cc1cc(C)c(C(C)Nc2ccc([N+](=O)[O-])cc2)c(C)c1. The van der Waals surface area contributed by atoms with Crippen LogP contribution in [0.1, 0.15) is 35.2 Å². The number of benzene rings is 2. The molecular formula is C17H20N2O2. The molecule has 1 unspecified atom stereocenters. The van der Waals surface area contributed by atoms with E-state index in [4.69, 9.17) is 0 Å². The highest BCUT2D eigenvalue weighted by Gasteiger charge is 2.12. The summed E-state index contributed by atoms with van der Waals surface area (Å²) in [7, 11) is 0. The van der Waals surface area contributed by atoms with Crippen LogP contribution in [0.15, 0.2) is 36.4 Å². The summed E-state index contributed by atoms with van der Waals surface area (Å²) in [6.45, 7) is 8.43. The molecule has 0 radical (unpaired) electrons. The second kappa shape index (κ2) is 5.95. The number of aryl methyl sites for hydroxylation is 3. The molecule has 0 aliphatic rings. The molecule has 2 rings (SSSR count). The smallest absolute Gasteiger partial charge is 0.269 e. The van der Waals surface area contributed by atoms with Crippen molar-refractivity contribution in [3.8, 4) is 0 Å². The van der Waals surface area contributed by atoms with Gasteiger partial charge < -0.3 is 5.32 Å². The minimum Gasteiger partial charge on any atom is -0.378 e. The van der Waals surface area contributed by atoms with Gasteiger partial charge >= 0.3 is 0 Å². The van der Waals surface area contributed by atoms with E-state index in [-0.39, 0.29) is 16.7 Å². The minimum atomic E-state index is -0.387. The minimum absolute atomic E-state index is 0.107. The van der Waals surface area contributed by atoms with E-state index in [1.165, 1.54) is 34.4 Å². The van der Waals surface area contributed by atoms with Crippen molar-refractivity contribution in [3.05, 3.63) is 68.8 Å². The molecule has 110 valence electrons. The first-order chi connectivity index (χ1) is 9.88. The van der Waals surface area contributed by atoms with Gasteiger partial charge in [0.15, 0.2) is 0 Å². The van der Waals surface area contributed by atoms with Gasteiger partial charge in [-0.2, -0.15) is 0 Å². The first-order valence-corrected chi connectivity index (χ1v) is 6.97. The average molecular weight is 284 g/mol. The summed E-state index contributed by atoms with van der Waals surface area (Å²) in [5, 5.41) is 14.1. The van der Waals surface area contributed by atoms with Gasteiger partial charge in [-0.05, 0) is 56.5 Å². The summed E-state index contributed by atoms with van der Waals surface area (Å²) >= 11 is 0. The highest BCUT2D eigenvalue weighted by molar-refractivity contribution is 5.51. The number of nitrogens with one attached hydrogen (secondary N) is 1. The molecule has 0 saturated heterocycles. The highest BCUT2D eigenvalue weighted by atomic mass is 16.6. The second-order valence-corrected chi connectivity index (χ2v) is 5.48. The molecule has 0 heterocycles. The number of nitro benzene ring substituents is 1. The van der Waals surface area contributed by atoms with Crippen molar-refractivity contribution in [2.24, 2.45) is 0 Å². The van der Waals surface area contributed by atoms with Crippen molar-refractivity contribution >= 4 is 11.4 Å². The Bertz CT molecular complexity index is 640. The zero-order valence-electron chi connectivity index (χ0n) is 12.8. The van der Waals surface area contributed by atoms with Gasteiger partial charge in [0.05, 0.1) is 4.92 Å². The van der Waals surface area contributed by atoms with Gasteiger partial charge in [0.25, 0.3) is 5.69 Å². The quantitative estimate of drug-likeness (QED) is 0.654. The maximum Gasteiger partial charge on any atom is 0.269 e. The summed E-state index contributed by atoms with van der Waals surface area (Å²) < 4.78 is 0. The number of nitro groups is 1. The number of hydrogen-bond acceptors (Lipinski definition) is 3. The van der Waals surface area contributed by atoms with Crippen molar-refractivity contribution < 1.29 is 4.92 Å². The van der Waals surface area contributed by atoms with E-state index >= 15 is 0 Å². The van der Waals surface area contributed by atoms with Gasteiger partial charge in [0, 0.05) is 23.9 Å². The lowest BCUT2D eigenvalue weighted by Gasteiger charge is -2.20. The van der Waals surface area contributed by atoms with Crippen molar-refractivity contribution in [2.45, 2.75) is 33.7 Å². The van der Waals surface area contributed by atoms with E-state index in [2.05, 4.69) is 45.1 Å². The third-order valence-corrected chi connectivity index (χ3v) is 3.63.